The maximum atomic E-state index is 12.4. The molecule has 0 fully saturated rings. The van der Waals surface area contributed by atoms with Gasteiger partial charge in [0.1, 0.15) is 5.75 Å². The molecule has 0 aliphatic rings. The quantitative estimate of drug-likeness (QED) is 0.636. The van der Waals surface area contributed by atoms with Crippen LogP contribution in [-0.4, -0.2) is 7.11 Å². The van der Waals surface area contributed by atoms with Crippen LogP contribution in [0.3, 0.4) is 0 Å². The minimum absolute atomic E-state index is 0.0877. The molecule has 1 aromatic carbocycles. The summed E-state index contributed by atoms with van der Waals surface area (Å²) in [6.07, 6.45) is -4.52. The van der Waals surface area contributed by atoms with Crippen molar-refractivity contribution in [1.82, 2.24) is 0 Å². The zero-order valence-electron chi connectivity index (χ0n) is 7.22. The van der Waals surface area contributed by atoms with E-state index in [2.05, 4.69) is 9.58 Å². The lowest BCUT2D eigenvalue weighted by Gasteiger charge is -2.09. The minimum Gasteiger partial charge on any atom is -0.497 e. The van der Waals surface area contributed by atoms with Gasteiger partial charge >= 0.3 is 6.18 Å². The molecule has 0 saturated carbocycles. The minimum atomic E-state index is -4.52. The molecule has 0 spiro atoms. The second-order valence-electron chi connectivity index (χ2n) is 2.49. The van der Waals surface area contributed by atoms with Gasteiger partial charge in [-0.25, -0.2) is 4.85 Å². The van der Waals surface area contributed by atoms with Crippen LogP contribution in [0.1, 0.15) is 5.56 Å². The van der Waals surface area contributed by atoms with Gasteiger partial charge in [-0.2, -0.15) is 13.2 Å². The largest absolute Gasteiger partial charge is 0.497 e. The summed E-state index contributed by atoms with van der Waals surface area (Å²) in [5.41, 5.74) is -1.38. The number of nitrogens with zero attached hydrogens (tertiary/aromatic N) is 1. The van der Waals surface area contributed by atoms with Crippen LogP contribution in [0.4, 0.5) is 18.9 Å². The third kappa shape index (κ3) is 1.96. The van der Waals surface area contributed by atoms with Crippen molar-refractivity contribution in [2.75, 3.05) is 7.11 Å². The first-order valence-corrected chi connectivity index (χ1v) is 3.61. The van der Waals surface area contributed by atoms with E-state index >= 15 is 0 Å². The monoisotopic (exact) mass is 201 g/mol. The molecule has 0 aromatic heterocycles. The zero-order valence-corrected chi connectivity index (χ0v) is 7.22. The molecule has 5 heteroatoms. The molecule has 0 radical (unpaired) electrons. The topological polar surface area (TPSA) is 13.6 Å². The highest BCUT2D eigenvalue weighted by molar-refractivity contribution is 5.56. The first-order valence-electron chi connectivity index (χ1n) is 3.61. The van der Waals surface area contributed by atoms with Crippen molar-refractivity contribution in [1.29, 1.82) is 0 Å². The summed E-state index contributed by atoms with van der Waals surface area (Å²) in [6.45, 7) is 6.58. The lowest BCUT2D eigenvalue weighted by Crippen LogP contribution is -2.05. The maximum Gasteiger partial charge on any atom is 0.407 e. The van der Waals surface area contributed by atoms with Gasteiger partial charge in [0.2, 0.25) is 0 Å². The number of methoxy groups -OCH3 is 1. The molecule has 2 nitrogen and oxygen atoms in total. The summed E-state index contributed by atoms with van der Waals surface area (Å²) < 4.78 is 41.7. The van der Waals surface area contributed by atoms with Crippen LogP contribution in [-0.2, 0) is 6.18 Å². The van der Waals surface area contributed by atoms with Crippen LogP contribution >= 0.6 is 0 Å². The third-order valence-electron chi connectivity index (χ3n) is 1.63. The van der Waals surface area contributed by atoms with Crippen LogP contribution in [0, 0.1) is 6.57 Å². The van der Waals surface area contributed by atoms with Crippen molar-refractivity contribution in [3.63, 3.8) is 0 Å². The van der Waals surface area contributed by atoms with E-state index in [9.17, 15) is 13.2 Å². The summed E-state index contributed by atoms with van der Waals surface area (Å²) in [7, 11) is 1.27. The highest BCUT2D eigenvalue weighted by atomic mass is 19.4. The number of hydrogen-bond acceptors (Lipinski definition) is 1. The van der Waals surface area contributed by atoms with Gasteiger partial charge in [-0.1, -0.05) is 6.07 Å². The van der Waals surface area contributed by atoms with Crippen molar-refractivity contribution < 1.29 is 17.9 Å². The zero-order chi connectivity index (χ0) is 10.8. The van der Waals surface area contributed by atoms with Crippen LogP contribution in [0.25, 0.3) is 4.85 Å². The predicted octanol–water partition coefficient (Wildman–Crippen LogP) is 3.26. The van der Waals surface area contributed by atoms with Gasteiger partial charge in [-0.3, -0.25) is 0 Å². The number of benzene rings is 1. The van der Waals surface area contributed by atoms with Crippen LogP contribution in [0.15, 0.2) is 18.2 Å². The summed E-state index contributed by atoms with van der Waals surface area (Å²) >= 11 is 0. The Labute approximate surface area is 78.7 Å². The Hall–Kier alpha value is -1.70. The van der Waals surface area contributed by atoms with Gasteiger partial charge in [-0.05, 0) is 12.1 Å². The second kappa shape index (κ2) is 3.58. The van der Waals surface area contributed by atoms with E-state index in [4.69, 9.17) is 6.57 Å². The van der Waals surface area contributed by atoms with Crippen molar-refractivity contribution >= 4 is 5.69 Å². The standard InChI is InChI=1S/C9H6F3NO/c1-13-8-4-3-6(14-2)5-7(8)9(10,11)12/h3-5H,2H3. The molecule has 1 rings (SSSR count). The number of ether oxygens (including phenoxy) is 1. The first kappa shape index (κ1) is 10.4. The molecule has 0 atom stereocenters. The third-order valence-corrected chi connectivity index (χ3v) is 1.63. The van der Waals surface area contributed by atoms with Crippen molar-refractivity contribution in [2.45, 2.75) is 6.18 Å². The average Bonchev–Trinajstić information content (AvgIpc) is 2.15. The lowest BCUT2D eigenvalue weighted by atomic mass is 10.1. The fourth-order valence-corrected chi connectivity index (χ4v) is 0.967. The van der Waals surface area contributed by atoms with Crippen LogP contribution < -0.4 is 4.74 Å². The van der Waals surface area contributed by atoms with Gasteiger partial charge in [-0.15, -0.1) is 0 Å². The summed E-state index contributed by atoms with van der Waals surface area (Å²) in [5.74, 6) is 0.0877. The molecule has 0 unspecified atom stereocenters. The number of hydrogen-bond donors (Lipinski definition) is 0. The van der Waals surface area contributed by atoms with E-state index in [1.807, 2.05) is 0 Å². The maximum absolute atomic E-state index is 12.4. The van der Waals surface area contributed by atoms with E-state index in [0.29, 0.717) is 0 Å². The molecule has 0 bridgehead atoms. The normalized spacial score (nSPS) is 10.8. The SMILES string of the molecule is [C-]#[N+]c1ccc(OC)cc1C(F)(F)F. The van der Waals surface area contributed by atoms with Crippen molar-refractivity contribution in [3.05, 3.63) is 35.2 Å². The molecule has 14 heavy (non-hydrogen) atoms. The van der Waals surface area contributed by atoms with Gasteiger partial charge in [0.25, 0.3) is 0 Å². The molecule has 0 amide bonds. The van der Waals surface area contributed by atoms with Gasteiger partial charge < -0.3 is 4.74 Å². The molecule has 1 aromatic rings. The molecule has 0 N–H and O–H groups in total. The van der Waals surface area contributed by atoms with Crippen LogP contribution in [0.2, 0.25) is 0 Å². The predicted molar refractivity (Wildman–Crippen MR) is 44.3 cm³/mol. The number of rotatable bonds is 1. The van der Waals surface area contributed by atoms with E-state index in [-0.39, 0.29) is 5.75 Å². The number of halogens is 3. The molecule has 0 aliphatic carbocycles. The smallest absolute Gasteiger partial charge is 0.407 e. The lowest BCUT2D eigenvalue weighted by molar-refractivity contribution is -0.136. The fourth-order valence-electron chi connectivity index (χ4n) is 0.967. The first-order chi connectivity index (χ1) is 6.49. The summed E-state index contributed by atoms with van der Waals surface area (Å²) in [5, 5.41) is 0. The Bertz CT molecular complexity index is 379. The summed E-state index contributed by atoms with van der Waals surface area (Å²) in [4.78, 5) is 2.79. The number of alkyl halides is 3. The van der Waals surface area contributed by atoms with Crippen LogP contribution in [0.5, 0.6) is 5.75 Å². The van der Waals surface area contributed by atoms with Gasteiger partial charge in [0.05, 0.1) is 19.2 Å². The average molecular weight is 201 g/mol. The van der Waals surface area contributed by atoms with Gasteiger partial charge in [0.15, 0.2) is 5.69 Å². The highest BCUT2D eigenvalue weighted by Gasteiger charge is 2.33. The van der Waals surface area contributed by atoms with Crippen molar-refractivity contribution in [2.24, 2.45) is 0 Å². The Balaban J connectivity index is 3.31. The summed E-state index contributed by atoms with van der Waals surface area (Å²) in [6, 6.07) is 3.23. The Morgan fingerprint density at radius 2 is 2.00 bits per heavy atom. The van der Waals surface area contributed by atoms with E-state index in [1.54, 1.807) is 0 Å². The van der Waals surface area contributed by atoms with E-state index in [0.717, 1.165) is 12.1 Å². The highest BCUT2D eigenvalue weighted by Crippen LogP contribution is 2.38. The second-order valence-corrected chi connectivity index (χ2v) is 2.49. The fraction of sp³-hybridized carbons (Fsp3) is 0.222. The Morgan fingerprint density at radius 3 is 2.43 bits per heavy atom. The molecular formula is C9H6F3NO. The molecule has 0 aliphatic heterocycles. The van der Waals surface area contributed by atoms with E-state index in [1.165, 1.54) is 13.2 Å². The van der Waals surface area contributed by atoms with Crippen molar-refractivity contribution in [3.8, 4) is 5.75 Å². The Kier molecular flexibility index (Phi) is 2.65. The van der Waals surface area contributed by atoms with Gasteiger partial charge in [0, 0.05) is 0 Å². The molecule has 74 valence electrons. The molecule has 0 heterocycles. The molecule has 0 saturated heterocycles. The molecular weight excluding hydrogens is 195 g/mol. The Morgan fingerprint density at radius 1 is 1.36 bits per heavy atom. The van der Waals surface area contributed by atoms with E-state index < -0.39 is 17.4 Å².